The van der Waals surface area contributed by atoms with Gasteiger partial charge in [0.05, 0.1) is 38.0 Å². The fourth-order valence-electron chi connectivity index (χ4n) is 4.98. The molecule has 2 aromatic carbocycles. The van der Waals surface area contributed by atoms with Crippen molar-refractivity contribution in [2.45, 2.75) is 19.3 Å². The van der Waals surface area contributed by atoms with E-state index in [1.807, 2.05) is 43.3 Å². The summed E-state index contributed by atoms with van der Waals surface area (Å²) in [6, 6.07) is 10.6. The Morgan fingerprint density at radius 2 is 1.76 bits per heavy atom. The van der Waals surface area contributed by atoms with E-state index in [1.165, 1.54) is 9.91 Å². The number of anilines is 1. The van der Waals surface area contributed by atoms with E-state index in [1.54, 1.807) is 43.3 Å². The summed E-state index contributed by atoms with van der Waals surface area (Å²) in [5, 5.41) is 6.59. The van der Waals surface area contributed by atoms with Gasteiger partial charge in [0.15, 0.2) is 11.5 Å². The minimum atomic E-state index is -0.659. The molecule has 1 unspecified atom stereocenters. The lowest BCUT2D eigenvalue weighted by atomic mass is 10.1. The highest BCUT2D eigenvalue weighted by Gasteiger charge is 2.45. The summed E-state index contributed by atoms with van der Waals surface area (Å²) in [7, 11) is 8.56. The number of hydrazine groups is 1. The average Bonchev–Trinajstić information content (AvgIpc) is 2.87. The van der Waals surface area contributed by atoms with Gasteiger partial charge in [-0.2, -0.15) is 0 Å². The summed E-state index contributed by atoms with van der Waals surface area (Å²) in [4.78, 5) is 44.4. The molecule has 2 saturated heterocycles. The Morgan fingerprint density at radius 3 is 2.45 bits per heavy atom. The Labute approximate surface area is 227 Å². The van der Waals surface area contributed by atoms with Crippen LogP contribution in [0.5, 0.6) is 11.5 Å². The number of carbonyl (C=O) groups excluding carboxylic acids is 3. The second kappa shape index (κ2) is 11.4. The van der Waals surface area contributed by atoms with Crippen molar-refractivity contribution in [2.24, 2.45) is 0 Å². The molecule has 4 rings (SSSR count). The number of urea groups is 1. The molecule has 12 heteroatoms. The number of likely N-dealkylation sites (N-methyl/N-ethyl adjacent to an activating group) is 1. The lowest BCUT2D eigenvalue weighted by Gasteiger charge is -2.51. The van der Waals surface area contributed by atoms with Crippen LogP contribution in [0.1, 0.15) is 11.1 Å². The van der Waals surface area contributed by atoms with Crippen molar-refractivity contribution >= 4 is 35.1 Å². The van der Waals surface area contributed by atoms with Crippen LogP contribution in [-0.4, -0.2) is 98.8 Å². The van der Waals surface area contributed by atoms with Gasteiger partial charge in [-0.1, -0.05) is 35.9 Å². The molecule has 1 atom stereocenters. The number of nitrogens with one attached hydrogen (secondary N) is 1. The second-order valence-electron chi connectivity index (χ2n) is 9.39. The second-order valence-corrected chi connectivity index (χ2v) is 9.80. The molecule has 204 valence electrons. The van der Waals surface area contributed by atoms with E-state index >= 15 is 0 Å². The molecule has 0 saturated carbocycles. The van der Waals surface area contributed by atoms with E-state index in [0.29, 0.717) is 23.1 Å². The predicted molar refractivity (Wildman–Crippen MR) is 143 cm³/mol. The third kappa shape index (κ3) is 5.30. The molecule has 4 amide bonds. The summed E-state index contributed by atoms with van der Waals surface area (Å²) in [6.45, 7) is 0.513. The van der Waals surface area contributed by atoms with E-state index in [-0.39, 0.29) is 38.0 Å². The third-order valence-electron chi connectivity index (χ3n) is 6.74. The number of benzene rings is 2. The number of para-hydroxylation sites is 2. The average molecular weight is 545 g/mol. The molecule has 2 fully saturated rings. The van der Waals surface area contributed by atoms with Crippen LogP contribution >= 0.6 is 11.6 Å². The molecular formula is C26H33ClN6O5. The molecule has 2 aromatic rings. The van der Waals surface area contributed by atoms with Crippen molar-refractivity contribution in [2.75, 3.05) is 59.9 Å². The molecule has 2 heterocycles. The highest BCUT2D eigenvalue weighted by atomic mass is 35.5. The molecular weight excluding hydrogens is 512 g/mol. The van der Waals surface area contributed by atoms with Gasteiger partial charge < -0.3 is 29.5 Å². The first-order valence-electron chi connectivity index (χ1n) is 12.2. The van der Waals surface area contributed by atoms with E-state index < -0.39 is 12.2 Å². The van der Waals surface area contributed by atoms with Crippen LogP contribution in [0.4, 0.5) is 10.5 Å². The lowest BCUT2D eigenvalue weighted by Crippen LogP contribution is -2.73. The predicted octanol–water partition coefficient (Wildman–Crippen LogP) is 1.99. The van der Waals surface area contributed by atoms with Gasteiger partial charge in [0.2, 0.25) is 11.8 Å². The first-order valence-corrected chi connectivity index (χ1v) is 12.5. The minimum absolute atomic E-state index is 0.0151. The number of ether oxygens (including phenoxy) is 2. The number of halogens is 1. The maximum Gasteiger partial charge on any atom is 0.334 e. The molecule has 0 aromatic heterocycles. The third-order valence-corrected chi connectivity index (χ3v) is 7.04. The van der Waals surface area contributed by atoms with Crippen LogP contribution in [0.3, 0.4) is 0 Å². The standard InChI is InChI=1S/C26H33ClN6O5/c1-29(2)24-18(9-6-10-19(24)27)13-31-14-21-32(16-22(31)34)23(35)15-30(3)33(21)26(36)28-12-17-8-7-11-20(37-4)25(17)38-5/h6-11,21H,12-16H2,1-5H3,(H,28,36). The van der Waals surface area contributed by atoms with Crippen LogP contribution in [-0.2, 0) is 22.7 Å². The Balaban J connectivity index is 1.55. The quantitative estimate of drug-likeness (QED) is 0.569. The van der Waals surface area contributed by atoms with Crippen molar-refractivity contribution in [3.63, 3.8) is 0 Å². The lowest BCUT2D eigenvalue weighted by molar-refractivity contribution is -0.178. The topological polar surface area (TPSA) is 97.9 Å². The summed E-state index contributed by atoms with van der Waals surface area (Å²) in [6.07, 6.45) is -0.659. The maximum absolute atomic E-state index is 13.5. The zero-order valence-electron chi connectivity index (χ0n) is 22.2. The fourth-order valence-corrected chi connectivity index (χ4v) is 5.35. The zero-order valence-corrected chi connectivity index (χ0v) is 23.0. The molecule has 0 spiro atoms. The van der Waals surface area contributed by atoms with Gasteiger partial charge in [0.25, 0.3) is 0 Å². The van der Waals surface area contributed by atoms with E-state index in [0.717, 1.165) is 16.8 Å². The SMILES string of the molecule is COc1cccc(CNC(=O)N2C3CN(Cc4cccc(Cl)c4N(C)C)C(=O)CN3C(=O)CN2C)c1OC. The smallest absolute Gasteiger partial charge is 0.334 e. The van der Waals surface area contributed by atoms with Gasteiger partial charge in [-0.3, -0.25) is 9.59 Å². The van der Waals surface area contributed by atoms with Crippen LogP contribution in [0, 0.1) is 0 Å². The van der Waals surface area contributed by atoms with Gasteiger partial charge in [-0.25, -0.2) is 14.8 Å². The van der Waals surface area contributed by atoms with Crippen LogP contribution in [0.15, 0.2) is 36.4 Å². The molecule has 38 heavy (non-hydrogen) atoms. The van der Waals surface area contributed by atoms with Crippen molar-refractivity contribution in [3.8, 4) is 11.5 Å². The molecule has 2 aliphatic rings. The first-order chi connectivity index (χ1) is 18.2. The van der Waals surface area contributed by atoms with Crippen LogP contribution in [0.25, 0.3) is 0 Å². The van der Waals surface area contributed by atoms with Gasteiger partial charge in [-0.05, 0) is 17.7 Å². The monoisotopic (exact) mass is 544 g/mol. The van der Waals surface area contributed by atoms with Gasteiger partial charge >= 0.3 is 6.03 Å². The summed E-state index contributed by atoms with van der Waals surface area (Å²) in [5.74, 6) is 0.698. The number of methoxy groups -OCH3 is 2. The molecule has 0 bridgehead atoms. The number of carbonyl (C=O) groups is 3. The number of fused-ring (bicyclic) bond motifs is 1. The Bertz CT molecular complexity index is 1220. The van der Waals surface area contributed by atoms with E-state index in [9.17, 15) is 14.4 Å². The first kappa shape index (κ1) is 27.3. The van der Waals surface area contributed by atoms with Crippen LogP contribution < -0.4 is 19.7 Å². The minimum Gasteiger partial charge on any atom is -0.493 e. The highest BCUT2D eigenvalue weighted by Crippen LogP contribution is 2.32. The van der Waals surface area contributed by atoms with Gasteiger partial charge in [0, 0.05) is 39.8 Å². The number of nitrogens with zero attached hydrogens (tertiary/aromatic N) is 5. The molecule has 2 aliphatic heterocycles. The number of hydrogen-bond donors (Lipinski definition) is 1. The van der Waals surface area contributed by atoms with Gasteiger partial charge in [0.1, 0.15) is 12.7 Å². The summed E-state index contributed by atoms with van der Waals surface area (Å²) in [5.41, 5.74) is 2.44. The van der Waals surface area contributed by atoms with Crippen LogP contribution in [0.2, 0.25) is 5.02 Å². The zero-order chi connectivity index (χ0) is 27.6. The van der Waals surface area contributed by atoms with Crippen molar-refractivity contribution in [3.05, 3.63) is 52.5 Å². The number of piperazine rings is 1. The maximum atomic E-state index is 13.5. The van der Waals surface area contributed by atoms with E-state index in [2.05, 4.69) is 5.32 Å². The number of rotatable bonds is 7. The Hall–Kier alpha value is -3.70. The molecule has 0 aliphatic carbocycles. The molecule has 1 N–H and O–H groups in total. The number of hydrogen-bond acceptors (Lipinski definition) is 7. The Morgan fingerprint density at radius 1 is 1.05 bits per heavy atom. The van der Waals surface area contributed by atoms with Gasteiger partial charge in [-0.15, -0.1) is 0 Å². The van der Waals surface area contributed by atoms with Crippen molar-refractivity contribution < 1.29 is 23.9 Å². The van der Waals surface area contributed by atoms with Crippen molar-refractivity contribution in [1.82, 2.24) is 25.1 Å². The number of amides is 4. The highest BCUT2D eigenvalue weighted by molar-refractivity contribution is 6.33. The van der Waals surface area contributed by atoms with E-state index in [4.69, 9.17) is 21.1 Å². The van der Waals surface area contributed by atoms with Crippen molar-refractivity contribution in [1.29, 1.82) is 0 Å². The fraction of sp³-hybridized carbons (Fsp3) is 0.423. The Kier molecular flexibility index (Phi) is 8.17. The molecule has 0 radical (unpaired) electrons. The summed E-state index contributed by atoms with van der Waals surface area (Å²) >= 11 is 6.44. The molecule has 11 nitrogen and oxygen atoms in total. The largest absolute Gasteiger partial charge is 0.493 e. The normalized spacial score (nSPS) is 17.8. The summed E-state index contributed by atoms with van der Waals surface area (Å²) < 4.78 is 10.8.